The molecule has 1 atom stereocenters. The second-order valence-corrected chi connectivity index (χ2v) is 5.93. The number of anilines is 1. The zero-order valence-electron chi connectivity index (χ0n) is 13.0. The molecule has 3 rings (SSSR count). The lowest BCUT2D eigenvalue weighted by Gasteiger charge is -2.14. The van der Waals surface area contributed by atoms with Crippen molar-refractivity contribution in [1.29, 1.82) is 0 Å². The van der Waals surface area contributed by atoms with E-state index in [0.29, 0.717) is 18.2 Å². The Bertz CT molecular complexity index is 548. The first kappa shape index (κ1) is 15.0. The fourth-order valence-electron chi connectivity index (χ4n) is 2.87. The van der Waals surface area contributed by atoms with Crippen LogP contribution in [-0.2, 0) is 4.74 Å². The van der Waals surface area contributed by atoms with Crippen molar-refractivity contribution in [2.45, 2.75) is 38.7 Å². The molecule has 1 aromatic rings. The summed E-state index contributed by atoms with van der Waals surface area (Å²) in [4.78, 5) is 12.1. The molecule has 1 saturated heterocycles. The number of benzene rings is 1. The van der Waals surface area contributed by atoms with Crippen molar-refractivity contribution >= 4 is 17.3 Å². The van der Waals surface area contributed by atoms with E-state index >= 15 is 0 Å². The molecule has 1 aromatic carbocycles. The molecule has 0 bridgehead atoms. The van der Waals surface area contributed by atoms with E-state index in [2.05, 4.69) is 10.4 Å². The number of carbonyl (C=O) groups is 1. The van der Waals surface area contributed by atoms with Crippen LogP contribution in [0.1, 0.15) is 43.0 Å². The van der Waals surface area contributed by atoms with E-state index in [1.54, 1.807) is 0 Å². The average molecular weight is 301 g/mol. The van der Waals surface area contributed by atoms with Crippen molar-refractivity contribution in [3.05, 3.63) is 29.8 Å². The summed E-state index contributed by atoms with van der Waals surface area (Å²) >= 11 is 0. The molecular weight excluding hydrogens is 278 g/mol. The Kier molecular flexibility index (Phi) is 4.73. The number of nitrogens with one attached hydrogen (secondary N) is 1. The van der Waals surface area contributed by atoms with Crippen molar-refractivity contribution in [3.8, 4) is 0 Å². The molecule has 1 N–H and O–H groups in total. The van der Waals surface area contributed by atoms with Crippen molar-refractivity contribution in [2.75, 3.05) is 24.7 Å². The SMILES string of the molecule is CC1=NN(c2ccc(C(=O)NCC[C@@H]3CCCO3)cc2)CC1. The van der Waals surface area contributed by atoms with E-state index in [0.717, 1.165) is 50.2 Å². The summed E-state index contributed by atoms with van der Waals surface area (Å²) in [6, 6.07) is 7.63. The molecule has 118 valence electrons. The third-order valence-electron chi connectivity index (χ3n) is 4.18. The van der Waals surface area contributed by atoms with E-state index in [9.17, 15) is 4.79 Å². The van der Waals surface area contributed by atoms with Gasteiger partial charge in [0.1, 0.15) is 0 Å². The van der Waals surface area contributed by atoms with Crippen molar-refractivity contribution in [1.82, 2.24) is 5.32 Å². The van der Waals surface area contributed by atoms with Gasteiger partial charge in [-0.3, -0.25) is 9.80 Å². The molecule has 1 fully saturated rings. The lowest BCUT2D eigenvalue weighted by Crippen LogP contribution is -2.27. The van der Waals surface area contributed by atoms with E-state index in [1.807, 2.05) is 36.2 Å². The lowest BCUT2D eigenvalue weighted by molar-refractivity contribution is 0.0907. The van der Waals surface area contributed by atoms with Crippen LogP contribution in [0.5, 0.6) is 0 Å². The van der Waals surface area contributed by atoms with Gasteiger partial charge in [-0.1, -0.05) is 0 Å². The molecule has 0 spiro atoms. The van der Waals surface area contributed by atoms with Gasteiger partial charge in [0.2, 0.25) is 0 Å². The predicted octanol–water partition coefficient (Wildman–Crippen LogP) is 2.57. The summed E-state index contributed by atoms with van der Waals surface area (Å²) in [6.45, 7) is 4.48. The Morgan fingerprint density at radius 3 is 2.86 bits per heavy atom. The van der Waals surface area contributed by atoms with Crippen LogP contribution < -0.4 is 10.3 Å². The average Bonchev–Trinajstić information content (AvgIpc) is 3.19. The molecule has 0 aliphatic carbocycles. The van der Waals surface area contributed by atoms with Gasteiger partial charge in [-0.2, -0.15) is 5.10 Å². The number of hydrogen-bond donors (Lipinski definition) is 1. The Hall–Kier alpha value is -1.88. The quantitative estimate of drug-likeness (QED) is 0.909. The molecule has 2 aliphatic heterocycles. The van der Waals surface area contributed by atoms with Gasteiger partial charge in [0.15, 0.2) is 0 Å². The van der Waals surface area contributed by atoms with Crippen LogP contribution in [0.2, 0.25) is 0 Å². The molecule has 5 heteroatoms. The van der Waals surface area contributed by atoms with E-state index in [1.165, 1.54) is 0 Å². The molecule has 2 aliphatic rings. The molecule has 2 heterocycles. The van der Waals surface area contributed by atoms with Crippen LogP contribution in [0, 0.1) is 0 Å². The zero-order valence-corrected chi connectivity index (χ0v) is 13.0. The van der Waals surface area contributed by atoms with E-state index in [-0.39, 0.29) is 5.91 Å². The second-order valence-electron chi connectivity index (χ2n) is 5.93. The van der Waals surface area contributed by atoms with Gasteiger partial charge in [-0.05, 0) is 50.5 Å². The molecule has 0 unspecified atom stereocenters. The summed E-state index contributed by atoms with van der Waals surface area (Å²) in [6.07, 6.45) is 4.47. The Labute approximate surface area is 131 Å². The van der Waals surface area contributed by atoms with Gasteiger partial charge < -0.3 is 10.1 Å². The molecule has 5 nitrogen and oxygen atoms in total. The maximum Gasteiger partial charge on any atom is 0.251 e. The van der Waals surface area contributed by atoms with Crippen LogP contribution >= 0.6 is 0 Å². The first-order valence-electron chi connectivity index (χ1n) is 8.04. The van der Waals surface area contributed by atoms with Gasteiger partial charge in [-0.25, -0.2) is 0 Å². The summed E-state index contributed by atoms with van der Waals surface area (Å²) in [5.41, 5.74) is 2.87. The summed E-state index contributed by atoms with van der Waals surface area (Å²) in [7, 11) is 0. The highest BCUT2D eigenvalue weighted by Crippen LogP contribution is 2.20. The van der Waals surface area contributed by atoms with Crippen molar-refractivity contribution in [3.63, 3.8) is 0 Å². The van der Waals surface area contributed by atoms with E-state index < -0.39 is 0 Å². The topological polar surface area (TPSA) is 53.9 Å². The monoisotopic (exact) mass is 301 g/mol. The van der Waals surface area contributed by atoms with Gasteiger partial charge in [0, 0.05) is 37.4 Å². The third kappa shape index (κ3) is 3.65. The molecule has 0 aromatic heterocycles. The molecule has 22 heavy (non-hydrogen) atoms. The highest BCUT2D eigenvalue weighted by atomic mass is 16.5. The largest absolute Gasteiger partial charge is 0.378 e. The number of hydrogen-bond acceptors (Lipinski definition) is 4. The fraction of sp³-hybridized carbons (Fsp3) is 0.529. The highest BCUT2D eigenvalue weighted by Gasteiger charge is 2.16. The number of hydrazone groups is 1. The number of nitrogens with zero attached hydrogens (tertiary/aromatic N) is 2. The maximum absolute atomic E-state index is 12.1. The molecule has 1 amide bonds. The molecule has 0 radical (unpaired) electrons. The van der Waals surface area contributed by atoms with Crippen LogP contribution in [0.3, 0.4) is 0 Å². The Balaban J connectivity index is 1.50. The maximum atomic E-state index is 12.1. The smallest absolute Gasteiger partial charge is 0.251 e. The predicted molar refractivity (Wildman–Crippen MR) is 87.4 cm³/mol. The first-order valence-corrected chi connectivity index (χ1v) is 8.04. The van der Waals surface area contributed by atoms with Gasteiger partial charge in [0.05, 0.1) is 11.8 Å². The minimum absolute atomic E-state index is 0.0225. The number of amides is 1. The van der Waals surface area contributed by atoms with Crippen LogP contribution in [0.15, 0.2) is 29.4 Å². The lowest BCUT2D eigenvalue weighted by atomic mass is 10.1. The third-order valence-corrected chi connectivity index (χ3v) is 4.18. The van der Waals surface area contributed by atoms with Crippen LogP contribution in [0.4, 0.5) is 5.69 Å². The number of rotatable bonds is 5. The Morgan fingerprint density at radius 2 is 2.23 bits per heavy atom. The summed E-state index contributed by atoms with van der Waals surface area (Å²) in [5, 5.41) is 9.40. The van der Waals surface area contributed by atoms with Crippen molar-refractivity contribution in [2.24, 2.45) is 5.10 Å². The normalized spacial score (nSPS) is 21.0. The molecular formula is C17H23N3O2. The number of ether oxygens (including phenoxy) is 1. The first-order chi connectivity index (χ1) is 10.7. The van der Waals surface area contributed by atoms with Crippen molar-refractivity contribution < 1.29 is 9.53 Å². The minimum Gasteiger partial charge on any atom is -0.378 e. The van der Waals surface area contributed by atoms with Crippen LogP contribution in [0.25, 0.3) is 0 Å². The summed E-state index contributed by atoms with van der Waals surface area (Å²) in [5.74, 6) is -0.0225. The fourth-order valence-corrected chi connectivity index (χ4v) is 2.87. The zero-order chi connectivity index (χ0) is 15.4. The van der Waals surface area contributed by atoms with Gasteiger partial charge in [-0.15, -0.1) is 0 Å². The highest BCUT2D eigenvalue weighted by molar-refractivity contribution is 5.94. The Morgan fingerprint density at radius 1 is 1.41 bits per heavy atom. The molecule has 0 saturated carbocycles. The minimum atomic E-state index is -0.0225. The van der Waals surface area contributed by atoms with Crippen LogP contribution in [-0.4, -0.2) is 37.4 Å². The summed E-state index contributed by atoms with van der Waals surface area (Å²) < 4.78 is 5.55. The van der Waals surface area contributed by atoms with E-state index in [4.69, 9.17) is 4.74 Å². The second kappa shape index (κ2) is 6.92. The number of carbonyl (C=O) groups excluding carboxylic acids is 1. The van der Waals surface area contributed by atoms with Gasteiger partial charge >= 0.3 is 0 Å². The van der Waals surface area contributed by atoms with Gasteiger partial charge in [0.25, 0.3) is 5.91 Å². The standard InChI is InChI=1S/C17H23N3O2/c1-13-9-11-20(19-13)15-6-4-14(5-7-15)17(21)18-10-8-16-3-2-12-22-16/h4-7,16H,2-3,8-12H2,1H3,(H,18,21)/t16-/m0/s1.